The van der Waals surface area contributed by atoms with E-state index in [1.165, 1.54) is 12.4 Å². The van der Waals surface area contributed by atoms with E-state index in [4.69, 9.17) is 11.6 Å². The van der Waals surface area contributed by atoms with Gasteiger partial charge in [-0.1, -0.05) is 23.7 Å². The lowest BCUT2D eigenvalue weighted by Gasteiger charge is -2.36. The molecule has 0 aliphatic carbocycles. The predicted molar refractivity (Wildman–Crippen MR) is 106 cm³/mol. The standard InChI is InChI=1S/C20H21ClN4O2/c1-2-6-23-19(26)15-11-16(14-22-13-15)20(27)25-9-7-24(8-10-25)18-5-3-4-17(21)12-18/h2-5,11-14H,1,6-10H2,(H,23,26). The van der Waals surface area contributed by atoms with Crippen molar-refractivity contribution in [3.8, 4) is 0 Å². The largest absolute Gasteiger partial charge is 0.368 e. The van der Waals surface area contributed by atoms with Crippen LogP contribution in [-0.4, -0.2) is 54.4 Å². The van der Waals surface area contributed by atoms with E-state index in [1.54, 1.807) is 17.0 Å². The molecule has 27 heavy (non-hydrogen) atoms. The van der Waals surface area contributed by atoms with Crippen molar-refractivity contribution >= 4 is 29.1 Å². The highest BCUT2D eigenvalue weighted by Gasteiger charge is 2.23. The van der Waals surface area contributed by atoms with Crippen LogP contribution < -0.4 is 10.2 Å². The van der Waals surface area contributed by atoms with Gasteiger partial charge in [-0.15, -0.1) is 6.58 Å². The third-order valence-electron chi connectivity index (χ3n) is 4.39. The Balaban J connectivity index is 1.64. The molecule has 2 aromatic rings. The van der Waals surface area contributed by atoms with Gasteiger partial charge >= 0.3 is 0 Å². The van der Waals surface area contributed by atoms with Crippen molar-refractivity contribution in [3.05, 3.63) is 71.5 Å². The van der Waals surface area contributed by atoms with E-state index < -0.39 is 0 Å². The summed E-state index contributed by atoms with van der Waals surface area (Å²) in [7, 11) is 0. The van der Waals surface area contributed by atoms with Crippen LogP contribution in [0.2, 0.25) is 5.02 Å². The van der Waals surface area contributed by atoms with Crippen molar-refractivity contribution in [3.63, 3.8) is 0 Å². The fraction of sp³-hybridized carbons (Fsp3) is 0.250. The molecule has 1 saturated heterocycles. The first kappa shape index (κ1) is 18.9. The predicted octanol–water partition coefficient (Wildman–Crippen LogP) is 2.61. The Morgan fingerprint density at radius 1 is 1.15 bits per heavy atom. The number of hydrogen-bond acceptors (Lipinski definition) is 4. The molecule has 2 heterocycles. The average Bonchev–Trinajstić information content (AvgIpc) is 2.71. The second-order valence-electron chi connectivity index (χ2n) is 6.22. The number of nitrogens with zero attached hydrogens (tertiary/aromatic N) is 3. The van der Waals surface area contributed by atoms with Gasteiger partial charge in [-0.05, 0) is 24.3 Å². The molecule has 0 radical (unpaired) electrons. The zero-order valence-corrected chi connectivity index (χ0v) is 15.7. The third kappa shape index (κ3) is 4.65. The molecule has 3 rings (SSSR count). The van der Waals surface area contributed by atoms with E-state index in [0.29, 0.717) is 35.8 Å². The number of piperazine rings is 1. The van der Waals surface area contributed by atoms with E-state index in [2.05, 4.69) is 21.8 Å². The molecule has 7 heteroatoms. The molecule has 1 N–H and O–H groups in total. The van der Waals surface area contributed by atoms with E-state index in [0.717, 1.165) is 18.8 Å². The fourth-order valence-corrected chi connectivity index (χ4v) is 3.16. The van der Waals surface area contributed by atoms with Crippen molar-refractivity contribution < 1.29 is 9.59 Å². The van der Waals surface area contributed by atoms with Crippen LogP contribution in [0, 0.1) is 0 Å². The van der Waals surface area contributed by atoms with Crippen molar-refractivity contribution in [1.29, 1.82) is 0 Å². The van der Waals surface area contributed by atoms with E-state index in [1.807, 2.05) is 24.3 Å². The number of nitrogens with one attached hydrogen (secondary N) is 1. The van der Waals surface area contributed by atoms with Gasteiger partial charge in [0.2, 0.25) is 0 Å². The van der Waals surface area contributed by atoms with Crippen LogP contribution in [0.3, 0.4) is 0 Å². The van der Waals surface area contributed by atoms with Crippen LogP contribution in [0.5, 0.6) is 0 Å². The summed E-state index contributed by atoms with van der Waals surface area (Å²) in [4.78, 5) is 32.9. The molecule has 0 bridgehead atoms. The maximum absolute atomic E-state index is 12.8. The number of carbonyl (C=O) groups excluding carboxylic acids is 2. The molecule has 1 aliphatic heterocycles. The number of hydrogen-bond donors (Lipinski definition) is 1. The van der Waals surface area contributed by atoms with Crippen LogP contribution in [0.15, 0.2) is 55.4 Å². The summed E-state index contributed by atoms with van der Waals surface area (Å²) in [5.74, 6) is -0.394. The topological polar surface area (TPSA) is 65.5 Å². The van der Waals surface area contributed by atoms with Gasteiger partial charge in [-0.3, -0.25) is 14.6 Å². The van der Waals surface area contributed by atoms with Gasteiger partial charge in [-0.2, -0.15) is 0 Å². The number of amides is 2. The molecular formula is C20H21ClN4O2. The maximum atomic E-state index is 12.8. The lowest BCUT2D eigenvalue weighted by atomic mass is 10.1. The summed E-state index contributed by atoms with van der Waals surface area (Å²) < 4.78 is 0. The minimum Gasteiger partial charge on any atom is -0.368 e. The molecular weight excluding hydrogens is 364 g/mol. The second-order valence-corrected chi connectivity index (χ2v) is 6.66. The van der Waals surface area contributed by atoms with Crippen LogP contribution in [0.4, 0.5) is 5.69 Å². The minimum atomic E-state index is -0.275. The second kappa shape index (κ2) is 8.68. The highest BCUT2D eigenvalue weighted by molar-refractivity contribution is 6.30. The Bertz CT molecular complexity index is 847. The van der Waals surface area contributed by atoms with Gasteiger partial charge in [-0.25, -0.2) is 0 Å². The van der Waals surface area contributed by atoms with Gasteiger partial charge in [0.05, 0.1) is 11.1 Å². The number of pyridine rings is 1. The van der Waals surface area contributed by atoms with Crippen LogP contribution in [-0.2, 0) is 0 Å². The summed E-state index contributed by atoms with van der Waals surface area (Å²) in [6, 6.07) is 9.28. The first-order valence-corrected chi connectivity index (χ1v) is 9.10. The molecule has 0 unspecified atom stereocenters. The highest BCUT2D eigenvalue weighted by Crippen LogP contribution is 2.21. The summed E-state index contributed by atoms with van der Waals surface area (Å²) in [5, 5.41) is 3.38. The Labute approximate surface area is 163 Å². The molecule has 140 valence electrons. The first-order chi connectivity index (χ1) is 13.1. The zero-order chi connectivity index (χ0) is 19.2. The van der Waals surface area contributed by atoms with Crippen molar-refractivity contribution in [1.82, 2.24) is 15.2 Å². The maximum Gasteiger partial charge on any atom is 0.255 e. The number of rotatable bonds is 5. The molecule has 1 fully saturated rings. The Hall–Kier alpha value is -2.86. The lowest BCUT2D eigenvalue weighted by Crippen LogP contribution is -2.48. The van der Waals surface area contributed by atoms with Crippen LogP contribution >= 0.6 is 11.6 Å². The minimum absolute atomic E-state index is 0.119. The summed E-state index contributed by atoms with van der Waals surface area (Å²) >= 11 is 6.06. The molecule has 1 aromatic heterocycles. The summed E-state index contributed by atoms with van der Waals surface area (Å²) in [5.41, 5.74) is 1.83. The number of benzene rings is 1. The van der Waals surface area contributed by atoms with Crippen molar-refractivity contribution in [2.45, 2.75) is 0 Å². The van der Waals surface area contributed by atoms with Crippen LogP contribution in [0.1, 0.15) is 20.7 Å². The normalized spacial score (nSPS) is 14.0. The van der Waals surface area contributed by atoms with E-state index in [9.17, 15) is 9.59 Å². The lowest BCUT2D eigenvalue weighted by molar-refractivity contribution is 0.0746. The Kier molecular flexibility index (Phi) is 6.08. The van der Waals surface area contributed by atoms with E-state index in [-0.39, 0.29) is 11.8 Å². The zero-order valence-electron chi connectivity index (χ0n) is 14.9. The monoisotopic (exact) mass is 384 g/mol. The van der Waals surface area contributed by atoms with Gasteiger partial charge < -0.3 is 15.1 Å². The SMILES string of the molecule is C=CCNC(=O)c1cncc(C(=O)N2CCN(c3cccc(Cl)c3)CC2)c1. The van der Waals surface area contributed by atoms with Crippen molar-refractivity contribution in [2.75, 3.05) is 37.6 Å². The quantitative estimate of drug-likeness (QED) is 0.805. The van der Waals surface area contributed by atoms with Gasteiger partial charge in [0.25, 0.3) is 11.8 Å². The molecule has 1 aromatic carbocycles. The van der Waals surface area contributed by atoms with Gasteiger partial charge in [0.15, 0.2) is 0 Å². The molecule has 6 nitrogen and oxygen atoms in total. The Morgan fingerprint density at radius 3 is 2.59 bits per heavy atom. The van der Waals surface area contributed by atoms with E-state index >= 15 is 0 Å². The molecule has 0 atom stereocenters. The Morgan fingerprint density at radius 2 is 1.89 bits per heavy atom. The summed E-state index contributed by atoms with van der Waals surface area (Å²) in [6.07, 6.45) is 4.54. The number of halogens is 1. The van der Waals surface area contributed by atoms with Crippen molar-refractivity contribution in [2.24, 2.45) is 0 Å². The van der Waals surface area contributed by atoms with Gasteiger partial charge in [0, 0.05) is 55.8 Å². The number of carbonyl (C=O) groups is 2. The average molecular weight is 385 g/mol. The summed E-state index contributed by atoms with van der Waals surface area (Å²) in [6.45, 7) is 6.56. The highest BCUT2D eigenvalue weighted by atomic mass is 35.5. The molecule has 0 saturated carbocycles. The number of anilines is 1. The smallest absolute Gasteiger partial charge is 0.255 e. The van der Waals surface area contributed by atoms with Gasteiger partial charge in [0.1, 0.15) is 0 Å². The number of aromatic nitrogens is 1. The molecule has 0 spiro atoms. The molecule has 2 amide bonds. The van der Waals surface area contributed by atoms with Crippen LogP contribution in [0.25, 0.3) is 0 Å². The first-order valence-electron chi connectivity index (χ1n) is 8.72. The fourth-order valence-electron chi connectivity index (χ4n) is 2.97. The third-order valence-corrected chi connectivity index (χ3v) is 4.63. The molecule has 1 aliphatic rings.